The number of likely N-dealkylation sites (N-methyl/N-ethyl adjacent to an activating group) is 1. The lowest BCUT2D eigenvalue weighted by Gasteiger charge is -2.36. The van der Waals surface area contributed by atoms with Crippen LogP contribution in [0.5, 0.6) is 0 Å². The van der Waals surface area contributed by atoms with Crippen LogP contribution in [0.15, 0.2) is 18.2 Å². The van der Waals surface area contributed by atoms with E-state index < -0.39 is 6.10 Å². The number of nitrogens with zero attached hydrogens (tertiary/aromatic N) is 2. The Hall–Kier alpha value is -0.940. The van der Waals surface area contributed by atoms with Gasteiger partial charge in [-0.25, -0.2) is 10.4 Å². The second-order valence-corrected chi connectivity index (χ2v) is 6.01. The first-order chi connectivity index (χ1) is 9.47. The number of hydrazine groups is 1. The molecule has 0 amide bonds. The fourth-order valence-corrected chi connectivity index (χ4v) is 2.72. The van der Waals surface area contributed by atoms with Crippen molar-refractivity contribution in [2.75, 3.05) is 33.2 Å². The smallest absolute Gasteiger partial charge is 0.0956 e. The van der Waals surface area contributed by atoms with Crippen LogP contribution in [0.1, 0.15) is 29.7 Å². The summed E-state index contributed by atoms with van der Waals surface area (Å²) in [6.45, 7) is 10.3. The standard InChI is InChI=1S/C16H27N3O/c1-12-5-6-15(13(2)11-12)16(20)14(3)17-19-9-7-18(4)8-10-19/h5-6,11,14,16-17,20H,7-10H2,1-4H3. The van der Waals surface area contributed by atoms with E-state index in [9.17, 15) is 5.11 Å². The highest BCUT2D eigenvalue weighted by Gasteiger charge is 2.22. The molecule has 1 aromatic carbocycles. The van der Waals surface area contributed by atoms with Gasteiger partial charge in [-0.1, -0.05) is 23.8 Å². The van der Waals surface area contributed by atoms with Gasteiger partial charge in [0.15, 0.2) is 0 Å². The van der Waals surface area contributed by atoms with Crippen LogP contribution >= 0.6 is 0 Å². The lowest BCUT2D eigenvalue weighted by atomic mass is 9.97. The fourth-order valence-electron chi connectivity index (χ4n) is 2.72. The number of aryl methyl sites for hydroxylation is 2. The zero-order valence-electron chi connectivity index (χ0n) is 13.1. The fraction of sp³-hybridized carbons (Fsp3) is 0.625. The first-order valence-corrected chi connectivity index (χ1v) is 7.42. The van der Waals surface area contributed by atoms with E-state index >= 15 is 0 Å². The maximum Gasteiger partial charge on any atom is 0.0956 e. The first kappa shape index (κ1) is 15.4. The van der Waals surface area contributed by atoms with E-state index in [0.717, 1.165) is 37.3 Å². The topological polar surface area (TPSA) is 38.7 Å². The Balaban J connectivity index is 1.96. The van der Waals surface area contributed by atoms with Gasteiger partial charge >= 0.3 is 0 Å². The van der Waals surface area contributed by atoms with Gasteiger partial charge in [-0.15, -0.1) is 0 Å². The van der Waals surface area contributed by atoms with Crippen LogP contribution < -0.4 is 5.43 Å². The molecular weight excluding hydrogens is 250 g/mol. The van der Waals surface area contributed by atoms with Gasteiger partial charge in [0.05, 0.1) is 6.10 Å². The summed E-state index contributed by atoms with van der Waals surface area (Å²) in [6.07, 6.45) is -0.477. The Labute approximate surface area is 122 Å². The number of aliphatic hydroxyl groups excluding tert-OH is 1. The summed E-state index contributed by atoms with van der Waals surface area (Å²) in [5.74, 6) is 0. The molecule has 1 aliphatic heterocycles. The summed E-state index contributed by atoms with van der Waals surface area (Å²) in [5, 5.41) is 12.8. The Kier molecular flexibility index (Phi) is 5.16. The summed E-state index contributed by atoms with van der Waals surface area (Å²) in [5.41, 5.74) is 6.85. The van der Waals surface area contributed by atoms with Crippen LogP contribution in [0.4, 0.5) is 0 Å². The molecule has 20 heavy (non-hydrogen) atoms. The predicted molar refractivity (Wildman–Crippen MR) is 82.5 cm³/mol. The molecule has 2 rings (SSSR count). The Morgan fingerprint density at radius 1 is 1.15 bits per heavy atom. The van der Waals surface area contributed by atoms with Gasteiger partial charge in [0, 0.05) is 32.2 Å². The molecule has 1 heterocycles. The molecule has 0 bridgehead atoms. The molecule has 0 aromatic heterocycles. The van der Waals surface area contributed by atoms with E-state index in [1.165, 1.54) is 5.56 Å². The van der Waals surface area contributed by atoms with Gasteiger partial charge in [0.1, 0.15) is 0 Å². The van der Waals surface area contributed by atoms with Crippen LogP contribution in [0, 0.1) is 13.8 Å². The number of hydrogen-bond donors (Lipinski definition) is 2. The molecule has 1 aromatic rings. The van der Waals surface area contributed by atoms with Crippen molar-refractivity contribution >= 4 is 0 Å². The van der Waals surface area contributed by atoms with Gasteiger partial charge < -0.3 is 10.0 Å². The highest BCUT2D eigenvalue weighted by molar-refractivity contribution is 5.32. The third kappa shape index (κ3) is 3.79. The summed E-state index contributed by atoms with van der Waals surface area (Å²) < 4.78 is 0. The van der Waals surface area contributed by atoms with E-state index in [2.05, 4.69) is 48.4 Å². The Morgan fingerprint density at radius 3 is 2.40 bits per heavy atom. The van der Waals surface area contributed by atoms with Crippen LogP contribution in [-0.4, -0.2) is 54.3 Å². The highest BCUT2D eigenvalue weighted by Crippen LogP contribution is 2.22. The third-order valence-electron chi connectivity index (χ3n) is 4.11. The molecule has 0 spiro atoms. The lowest BCUT2D eigenvalue weighted by Crippen LogP contribution is -2.54. The zero-order valence-corrected chi connectivity index (χ0v) is 13.1. The van der Waals surface area contributed by atoms with Gasteiger partial charge in [0.2, 0.25) is 0 Å². The average Bonchev–Trinajstić information content (AvgIpc) is 2.40. The summed E-state index contributed by atoms with van der Waals surface area (Å²) in [7, 11) is 2.14. The molecule has 112 valence electrons. The molecule has 2 N–H and O–H groups in total. The number of benzene rings is 1. The van der Waals surface area contributed by atoms with E-state index in [-0.39, 0.29) is 6.04 Å². The number of nitrogens with one attached hydrogen (secondary N) is 1. The molecule has 1 fully saturated rings. The Morgan fingerprint density at radius 2 is 1.80 bits per heavy atom. The van der Waals surface area contributed by atoms with E-state index in [4.69, 9.17) is 0 Å². The number of hydrogen-bond acceptors (Lipinski definition) is 4. The van der Waals surface area contributed by atoms with Crippen LogP contribution in [-0.2, 0) is 0 Å². The maximum atomic E-state index is 10.5. The van der Waals surface area contributed by atoms with Crippen molar-refractivity contribution in [3.63, 3.8) is 0 Å². The van der Waals surface area contributed by atoms with Crippen molar-refractivity contribution in [3.8, 4) is 0 Å². The number of piperazine rings is 1. The molecule has 4 heteroatoms. The molecule has 1 aliphatic rings. The molecule has 0 aliphatic carbocycles. The average molecular weight is 277 g/mol. The minimum absolute atomic E-state index is 0.0137. The molecular formula is C16H27N3O. The van der Waals surface area contributed by atoms with Crippen LogP contribution in [0.3, 0.4) is 0 Å². The van der Waals surface area contributed by atoms with E-state index in [1.54, 1.807) is 0 Å². The highest BCUT2D eigenvalue weighted by atomic mass is 16.3. The normalized spacial score (nSPS) is 20.9. The summed E-state index contributed by atoms with van der Waals surface area (Å²) in [4.78, 5) is 2.32. The summed E-state index contributed by atoms with van der Waals surface area (Å²) in [6, 6.07) is 6.24. The molecule has 2 atom stereocenters. The minimum atomic E-state index is -0.477. The molecule has 0 radical (unpaired) electrons. The van der Waals surface area contributed by atoms with Crippen molar-refractivity contribution in [1.29, 1.82) is 0 Å². The number of aliphatic hydroxyl groups is 1. The van der Waals surface area contributed by atoms with Crippen LogP contribution in [0.25, 0.3) is 0 Å². The predicted octanol–water partition coefficient (Wildman–Crippen LogP) is 1.48. The Bertz CT molecular complexity index is 441. The molecule has 4 nitrogen and oxygen atoms in total. The molecule has 0 saturated carbocycles. The third-order valence-corrected chi connectivity index (χ3v) is 4.11. The molecule has 2 unspecified atom stereocenters. The van der Waals surface area contributed by atoms with Gasteiger partial charge in [0.25, 0.3) is 0 Å². The van der Waals surface area contributed by atoms with Crippen molar-refractivity contribution in [2.45, 2.75) is 32.9 Å². The van der Waals surface area contributed by atoms with E-state index in [1.807, 2.05) is 13.0 Å². The quantitative estimate of drug-likeness (QED) is 0.874. The number of rotatable bonds is 4. The minimum Gasteiger partial charge on any atom is -0.387 e. The maximum absolute atomic E-state index is 10.5. The zero-order chi connectivity index (χ0) is 14.7. The van der Waals surface area contributed by atoms with Crippen molar-refractivity contribution in [2.24, 2.45) is 0 Å². The first-order valence-electron chi connectivity index (χ1n) is 7.42. The molecule has 1 saturated heterocycles. The van der Waals surface area contributed by atoms with Gasteiger partial charge in [-0.2, -0.15) is 0 Å². The van der Waals surface area contributed by atoms with Crippen molar-refractivity contribution in [1.82, 2.24) is 15.3 Å². The monoisotopic (exact) mass is 277 g/mol. The van der Waals surface area contributed by atoms with Crippen molar-refractivity contribution in [3.05, 3.63) is 34.9 Å². The SMILES string of the molecule is Cc1ccc(C(O)C(C)NN2CCN(C)CC2)c(C)c1. The second kappa shape index (κ2) is 6.68. The van der Waals surface area contributed by atoms with E-state index in [0.29, 0.717) is 0 Å². The summed E-state index contributed by atoms with van der Waals surface area (Å²) >= 11 is 0. The van der Waals surface area contributed by atoms with Crippen LogP contribution in [0.2, 0.25) is 0 Å². The second-order valence-electron chi connectivity index (χ2n) is 6.01. The van der Waals surface area contributed by atoms with Gasteiger partial charge in [-0.3, -0.25) is 0 Å². The largest absolute Gasteiger partial charge is 0.387 e. The van der Waals surface area contributed by atoms with Gasteiger partial charge in [-0.05, 0) is 38.9 Å². The lowest BCUT2D eigenvalue weighted by molar-refractivity contribution is 0.0436. The van der Waals surface area contributed by atoms with Crippen molar-refractivity contribution < 1.29 is 5.11 Å².